The maximum atomic E-state index is 11.8. The van der Waals surface area contributed by atoms with E-state index in [2.05, 4.69) is 15.0 Å². The van der Waals surface area contributed by atoms with Gasteiger partial charge >= 0.3 is 0 Å². The van der Waals surface area contributed by atoms with Crippen molar-refractivity contribution in [2.75, 3.05) is 6.61 Å². The summed E-state index contributed by atoms with van der Waals surface area (Å²) in [5.41, 5.74) is 0.691. The highest BCUT2D eigenvalue weighted by molar-refractivity contribution is 7.93. The molecule has 1 aliphatic rings. The molecule has 0 saturated carbocycles. The number of fused-ring (bicyclic) bond motifs is 1. The molecular weight excluding hydrogens is 418 g/mol. The van der Waals surface area contributed by atoms with E-state index in [1.54, 1.807) is 24.3 Å². The number of aliphatic hydroxyl groups is 2. The van der Waals surface area contributed by atoms with Crippen LogP contribution in [0.2, 0.25) is 0 Å². The Morgan fingerprint density at radius 3 is 2.77 bits per heavy atom. The van der Waals surface area contributed by atoms with Gasteiger partial charge in [0.1, 0.15) is 22.6 Å². The van der Waals surface area contributed by atoms with Crippen LogP contribution in [-0.4, -0.2) is 59.0 Å². The van der Waals surface area contributed by atoms with E-state index in [0.717, 1.165) is 5.56 Å². The van der Waals surface area contributed by atoms with Gasteiger partial charge in [-0.2, -0.15) is 0 Å². The maximum Gasteiger partial charge on any atom is 0.278 e. The summed E-state index contributed by atoms with van der Waals surface area (Å²) < 4.78 is 12.2. The molecule has 2 aromatic heterocycles. The Bertz CT molecular complexity index is 1100. The Kier molecular flexibility index (Phi) is 5.78. The molecule has 12 nitrogen and oxygen atoms in total. The Morgan fingerprint density at radius 2 is 2.03 bits per heavy atom. The third-order valence-electron chi connectivity index (χ3n) is 4.63. The molecule has 3 N–H and O–H groups in total. The fraction of sp³-hybridized carbons (Fsp3) is 0.353. The third-order valence-corrected chi connectivity index (χ3v) is 5.26. The van der Waals surface area contributed by atoms with Crippen molar-refractivity contribution in [1.29, 1.82) is 0 Å². The zero-order valence-electron chi connectivity index (χ0n) is 15.3. The van der Waals surface area contributed by atoms with E-state index in [0.29, 0.717) is 16.8 Å². The van der Waals surface area contributed by atoms with Crippen LogP contribution in [-0.2, 0) is 16.1 Å². The van der Waals surface area contributed by atoms with E-state index in [9.17, 15) is 25.1 Å². The first-order valence-corrected chi connectivity index (χ1v) is 9.62. The van der Waals surface area contributed by atoms with Gasteiger partial charge in [-0.1, -0.05) is 12.1 Å². The SMILES string of the molecule is O=c1[nH]cnc2c1ncn2[C@@H]1O[C@H](COCc2ccc(S[N+](=O)[O-])cc2)[C@@H](O)[C@H]1O. The van der Waals surface area contributed by atoms with Gasteiger partial charge in [-0.15, -0.1) is 0 Å². The van der Waals surface area contributed by atoms with Gasteiger partial charge in [0.05, 0.1) is 30.8 Å². The lowest BCUT2D eigenvalue weighted by Gasteiger charge is -2.16. The predicted molar refractivity (Wildman–Crippen MR) is 103 cm³/mol. The largest absolute Gasteiger partial charge is 0.387 e. The number of benzene rings is 1. The number of rotatable bonds is 7. The van der Waals surface area contributed by atoms with Gasteiger partial charge in [-0.3, -0.25) is 19.5 Å². The van der Waals surface area contributed by atoms with E-state index in [-0.39, 0.29) is 24.4 Å². The molecule has 0 amide bonds. The Balaban J connectivity index is 1.38. The van der Waals surface area contributed by atoms with Crippen LogP contribution in [0, 0.1) is 10.1 Å². The van der Waals surface area contributed by atoms with Crippen molar-refractivity contribution in [3.8, 4) is 0 Å². The monoisotopic (exact) mass is 435 g/mol. The molecule has 0 aliphatic carbocycles. The van der Waals surface area contributed by atoms with Gasteiger partial charge in [-0.05, 0) is 17.7 Å². The van der Waals surface area contributed by atoms with Gasteiger partial charge in [0.2, 0.25) is 0 Å². The first kappa shape index (κ1) is 20.4. The highest BCUT2D eigenvalue weighted by Gasteiger charge is 2.44. The van der Waals surface area contributed by atoms with Crippen LogP contribution in [0.25, 0.3) is 11.2 Å². The molecule has 4 atom stereocenters. The molecule has 3 aromatic rings. The molecule has 1 saturated heterocycles. The number of aromatic amines is 1. The van der Waals surface area contributed by atoms with E-state index in [1.165, 1.54) is 17.2 Å². The van der Waals surface area contributed by atoms with Crippen molar-refractivity contribution in [2.24, 2.45) is 0 Å². The molecule has 4 rings (SSSR count). The molecule has 0 unspecified atom stereocenters. The number of nitrogens with one attached hydrogen (secondary N) is 1. The minimum absolute atomic E-state index is 0.000761. The first-order valence-electron chi connectivity index (χ1n) is 8.85. The van der Waals surface area contributed by atoms with Gasteiger partial charge in [-0.25, -0.2) is 9.97 Å². The molecule has 0 radical (unpaired) electrons. The molecular formula is C17H17N5O7S. The summed E-state index contributed by atoms with van der Waals surface area (Å²) in [7, 11) is 0. The first-order chi connectivity index (χ1) is 14.4. The summed E-state index contributed by atoms with van der Waals surface area (Å²) in [5.74, 6) is 0. The van der Waals surface area contributed by atoms with Crippen molar-refractivity contribution in [2.45, 2.75) is 36.0 Å². The molecule has 3 heterocycles. The van der Waals surface area contributed by atoms with Crippen LogP contribution in [0.5, 0.6) is 0 Å². The number of hydrogen-bond donors (Lipinski definition) is 3. The van der Waals surface area contributed by atoms with E-state index < -0.39 is 34.4 Å². The highest BCUT2D eigenvalue weighted by atomic mass is 32.2. The average Bonchev–Trinajstić information content (AvgIpc) is 3.26. The minimum Gasteiger partial charge on any atom is -0.387 e. The van der Waals surface area contributed by atoms with Crippen LogP contribution in [0.1, 0.15) is 11.8 Å². The van der Waals surface area contributed by atoms with Gasteiger partial charge in [0, 0.05) is 0 Å². The topological polar surface area (TPSA) is 166 Å². The number of H-pyrrole nitrogens is 1. The fourth-order valence-corrected chi connectivity index (χ4v) is 3.60. The zero-order chi connectivity index (χ0) is 21.3. The molecule has 0 spiro atoms. The lowest BCUT2D eigenvalue weighted by Crippen LogP contribution is -2.33. The van der Waals surface area contributed by atoms with Crippen LogP contribution in [0.15, 0.2) is 46.6 Å². The summed E-state index contributed by atoms with van der Waals surface area (Å²) in [6, 6.07) is 6.64. The Hall–Kier alpha value is -2.84. The number of aromatic nitrogens is 4. The van der Waals surface area contributed by atoms with E-state index in [4.69, 9.17) is 9.47 Å². The second-order valence-electron chi connectivity index (χ2n) is 6.58. The summed E-state index contributed by atoms with van der Waals surface area (Å²) in [5, 5.41) is 31.2. The van der Waals surface area contributed by atoms with Crippen LogP contribution in [0.4, 0.5) is 0 Å². The molecule has 30 heavy (non-hydrogen) atoms. The van der Waals surface area contributed by atoms with Crippen molar-refractivity contribution < 1.29 is 24.0 Å². The number of ether oxygens (including phenoxy) is 2. The molecule has 13 heteroatoms. The summed E-state index contributed by atoms with van der Waals surface area (Å²) in [4.78, 5) is 33.2. The lowest BCUT2D eigenvalue weighted by atomic mass is 10.1. The second kappa shape index (κ2) is 8.49. The Labute approximate surface area is 172 Å². The summed E-state index contributed by atoms with van der Waals surface area (Å²) in [6.07, 6.45) is -1.73. The Morgan fingerprint density at radius 1 is 1.27 bits per heavy atom. The molecule has 0 bridgehead atoms. The van der Waals surface area contributed by atoms with Crippen molar-refractivity contribution in [1.82, 2.24) is 19.5 Å². The van der Waals surface area contributed by atoms with E-state index in [1.807, 2.05) is 0 Å². The quantitative estimate of drug-likeness (QED) is 0.266. The smallest absolute Gasteiger partial charge is 0.278 e. The normalized spacial score (nSPS) is 23.8. The molecule has 158 valence electrons. The summed E-state index contributed by atoms with van der Waals surface area (Å²) >= 11 is 0.519. The third kappa shape index (κ3) is 4.06. The van der Waals surface area contributed by atoms with Crippen molar-refractivity contribution in [3.63, 3.8) is 0 Å². The predicted octanol–water partition coefficient (Wildman–Crippen LogP) is 0.239. The van der Waals surface area contributed by atoms with Crippen molar-refractivity contribution >= 4 is 23.1 Å². The number of nitrogens with zero attached hydrogens (tertiary/aromatic N) is 4. The molecule has 1 fully saturated rings. The zero-order valence-corrected chi connectivity index (χ0v) is 16.1. The van der Waals surface area contributed by atoms with Gasteiger partial charge < -0.3 is 24.7 Å². The van der Waals surface area contributed by atoms with Crippen molar-refractivity contribution in [3.05, 3.63) is 63.0 Å². The van der Waals surface area contributed by atoms with Gasteiger partial charge in [0.15, 0.2) is 17.4 Å². The number of aliphatic hydroxyl groups excluding tert-OH is 2. The number of hydrogen-bond acceptors (Lipinski definition) is 10. The van der Waals surface area contributed by atoms with Gasteiger partial charge in [0.25, 0.3) is 17.5 Å². The molecule has 1 aromatic carbocycles. The second-order valence-corrected chi connectivity index (χ2v) is 7.53. The average molecular weight is 435 g/mol. The van der Waals surface area contributed by atoms with E-state index >= 15 is 0 Å². The number of nitro groups is 1. The van der Waals surface area contributed by atoms with Crippen LogP contribution >= 0.6 is 11.9 Å². The molecule has 1 aliphatic heterocycles. The minimum atomic E-state index is -1.27. The lowest BCUT2D eigenvalue weighted by molar-refractivity contribution is -0.284. The standard InChI is InChI=1S/C17H17N5O7S/c23-13-11(6-28-5-9-1-3-10(4-2-9)30-22(26)27)29-17(14(13)24)21-8-20-12-15(21)18-7-19-16(12)25/h1-4,7-8,11,13-14,17,23-24H,5-6H2,(H,18,19,25)/t11-,13-,14-,17-/m1/s1. The number of imidazole rings is 1. The highest BCUT2D eigenvalue weighted by Crippen LogP contribution is 2.31. The maximum absolute atomic E-state index is 11.8. The summed E-state index contributed by atoms with van der Waals surface area (Å²) in [6.45, 7) is 0.197. The van der Waals surface area contributed by atoms with Crippen LogP contribution in [0.3, 0.4) is 0 Å². The van der Waals surface area contributed by atoms with Crippen LogP contribution < -0.4 is 5.56 Å². The fourth-order valence-electron chi connectivity index (χ4n) is 3.17.